The zero-order valence-corrected chi connectivity index (χ0v) is 17.1. The lowest BCUT2D eigenvalue weighted by molar-refractivity contribution is 0.442. The van der Waals surface area contributed by atoms with Gasteiger partial charge in [-0.1, -0.05) is 54.6 Å². The van der Waals surface area contributed by atoms with Crippen LogP contribution in [0.5, 0.6) is 11.6 Å². The first-order valence-electron chi connectivity index (χ1n) is 10.2. The molecule has 0 bridgehead atoms. The van der Waals surface area contributed by atoms with Crippen LogP contribution in [0.15, 0.2) is 85.1 Å². The summed E-state index contributed by atoms with van der Waals surface area (Å²) in [5.41, 5.74) is 5.01. The highest BCUT2D eigenvalue weighted by Gasteiger charge is 2.18. The predicted octanol–water partition coefficient (Wildman–Crippen LogP) is 5.13. The molecule has 2 aromatic heterocycles. The SMILES string of the molecule is Oc1cccc(-c2cn3c(O)c(Cc4ccc(F)cc4)nc3c(Cc3ccccc3)n2)c1. The Morgan fingerprint density at radius 3 is 2.22 bits per heavy atom. The first-order chi connectivity index (χ1) is 15.6. The maximum absolute atomic E-state index is 13.3. The van der Waals surface area contributed by atoms with Gasteiger partial charge in [0.1, 0.15) is 17.3 Å². The van der Waals surface area contributed by atoms with Crippen molar-refractivity contribution in [3.8, 4) is 22.9 Å². The molecule has 0 aliphatic rings. The largest absolute Gasteiger partial charge is 0.508 e. The van der Waals surface area contributed by atoms with Gasteiger partial charge in [-0.3, -0.25) is 4.40 Å². The van der Waals surface area contributed by atoms with Gasteiger partial charge in [0.15, 0.2) is 5.65 Å². The monoisotopic (exact) mass is 425 g/mol. The lowest BCUT2D eigenvalue weighted by Crippen LogP contribution is -2.00. The summed E-state index contributed by atoms with van der Waals surface area (Å²) in [6.45, 7) is 0. The van der Waals surface area contributed by atoms with Crippen LogP contribution in [-0.2, 0) is 12.8 Å². The smallest absolute Gasteiger partial charge is 0.219 e. The molecule has 158 valence electrons. The topological polar surface area (TPSA) is 70.7 Å². The van der Waals surface area contributed by atoms with Gasteiger partial charge in [0.2, 0.25) is 5.88 Å². The number of imidazole rings is 1. The molecule has 0 radical (unpaired) electrons. The standard InChI is InChI=1S/C26H20FN3O2/c27-20-11-9-18(10-12-20)14-23-26(32)30-16-24(19-7-4-8-21(31)15-19)28-22(25(30)29-23)13-17-5-2-1-3-6-17/h1-12,15-16,31-32H,13-14H2. The second-order valence-corrected chi connectivity index (χ2v) is 7.66. The summed E-state index contributed by atoms with van der Waals surface area (Å²) < 4.78 is 14.9. The number of nitrogens with zero attached hydrogens (tertiary/aromatic N) is 3. The molecule has 5 rings (SSSR count). The van der Waals surface area contributed by atoms with E-state index in [-0.39, 0.29) is 17.4 Å². The molecule has 2 heterocycles. The van der Waals surface area contributed by atoms with Crippen LogP contribution in [0.1, 0.15) is 22.5 Å². The Hall–Kier alpha value is -4.19. The number of benzene rings is 3. The number of aromatic nitrogens is 3. The lowest BCUT2D eigenvalue weighted by Gasteiger charge is -2.09. The second kappa shape index (κ2) is 8.15. The summed E-state index contributed by atoms with van der Waals surface area (Å²) in [4.78, 5) is 9.51. The number of rotatable bonds is 5. The van der Waals surface area contributed by atoms with Gasteiger partial charge in [0, 0.05) is 24.6 Å². The Morgan fingerprint density at radius 1 is 0.750 bits per heavy atom. The Morgan fingerprint density at radius 2 is 1.47 bits per heavy atom. The molecule has 5 nitrogen and oxygen atoms in total. The third kappa shape index (κ3) is 3.90. The number of aromatic hydroxyl groups is 2. The van der Waals surface area contributed by atoms with Gasteiger partial charge in [-0.05, 0) is 35.4 Å². The van der Waals surface area contributed by atoms with Gasteiger partial charge in [-0.25, -0.2) is 14.4 Å². The van der Waals surface area contributed by atoms with Crippen LogP contribution >= 0.6 is 0 Å². The van der Waals surface area contributed by atoms with Crippen molar-refractivity contribution in [1.29, 1.82) is 0 Å². The van der Waals surface area contributed by atoms with Crippen molar-refractivity contribution >= 4 is 5.65 Å². The number of phenolic OH excluding ortho intramolecular Hbond substituents is 1. The van der Waals surface area contributed by atoms with Gasteiger partial charge in [-0.15, -0.1) is 0 Å². The van der Waals surface area contributed by atoms with Gasteiger partial charge in [-0.2, -0.15) is 0 Å². The highest BCUT2D eigenvalue weighted by atomic mass is 19.1. The summed E-state index contributed by atoms with van der Waals surface area (Å²) >= 11 is 0. The first kappa shape index (κ1) is 19.8. The maximum atomic E-state index is 13.3. The lowest BCUT2D eigenvalue weighted by atomic mass is 10.1. The van der Waals surface area contributed by atoms with Gasteiger partial charge in [0.25, 0.3) is 0 Å². The molecular weight excluding hydrogens is 405 g/mol. The van der Waals surface area contributed by atoms with Crippen LogP contribution in [0, 0.1) is 5.82 Å². The van der Waals surface area contributed by atoms with Gasteiger partial charge in [0.05, 0.1) is 11.4 Å². The van der Waals surface area contributed by atoms with Crippen molar-refractivity contribution in [3.05, 3.63) is 113 Å². The third-order valence-electron chi connectivity index (χ3n) is 5.36. The van der Waals surface area contributed by atoms with Crippen molar-refractivity contribution in [1.82, 2.24) is 14.4 Å². The number of hydrogen-bond donors (Lipinski definition) is 2. The average Bonchev–Trinajstić information content (AvgIpc) is 3.12. The summed E-state index contributed by atoms with van der Waals surface area (Å²) in [5, 5.41) is 20.9. The van der Waals surface area contributed by atoms with Crippen molar-refractivity contribution in [2.45, 2.75) is 12.8 Å². The van der Waals surface area contributed by atoms with Crippen LogP contribution in [-0.4, -0.2) is 24.6 Å². The molecular formula is C26H20FN3O2. The number of phenols is 1. The molecule has 5 aromatic rings. The predicted molar refractivity (Wildman–Crippen MR) is 120 cm³/mol. The molecule has 3 aromatic carbocycles. The minimum absolute atomic E-state index is 0.0161. The van der Waals surface area contributed by atoms with Crippen LogP contribution in [0.4, 0.5) is 4.39 Å². The number of halogens is 1. The molecule has 0 unspecified atom stereocenters. The van der Waals surface area contributed by atoms with Crippen molar-refractivity contribution in [3.63, 3.8) is 0 Å². The normalized spacial score (nSPS) is 11.2. The van der Waals surface area contributed by atoms with Crippen molar-refractivity contribution in [2.24, 2.45) is 0 Å². The zero-order chi connectivity index (χ0) is 22.1. The van der Waals surface area contributed by atoms with Crippen molar-refractivity contribution in [2.75, 3.05) is 0 Å². The summed E-state index contributed by atoms with van der Waals surface area (Å²) in [5.74, 6) is -0.152. The summed E-state index contributed by atoms with van der Waals surface area (Å²) in [6, 6.07) is 22.9. The molecule has 0 spiro atoms. The van der Waals surface area contributed by atoms with E-state index < -0.39 is 0 Å². The molecule has 2 N–H and O–H groups in total. The van der Waals surface area contributed by atoms with E-state index in [1.54, 1.807) is 40.9 Å². The average molecular weight is 425 g/mol. The van der Waals surface area contributed by atoms with E-state index in [2.05, 4.69) is 4.98 Å². The number of hydrogen-bond acceptors (Lipinski definition) is 4. The van der Waals surface area contributed by atoms with Crippen molar-refractivity contribution < 1.29 is 14.6 Å². The van der Waals surface area contributed by atoms with E-state index in [1.807, 2.05) is 36.4 Å². The van der Waals surface area contributed by atoms with Gasteiger partial charge < -0.3 is 10.2 Å². The minimum atomic E-state index is -0.307. The third-order valence-corrected chi connectivity index (χ3v) is 5.36. The minimum Gasteiger partial charge on any atom is -0.508 e. The van der Waals surface area contributed by atoms with Crippen LogP contribution < -0.4 is 0 Å². The highest BCUT2D eigenvalue weighted by molar-refractivity contribution is 5.64. The Kier molecular flexibility index (Phi) is 5.03. The zero-order valence-electron chi connectivity index (χ0n) is 17.1. The molecule has 0 saturated heterocycles. The summed E-state index contributed by atoms with van der Waals surface area (Å²) in [7, 11) is 0. The number of fused-ring (bicyclic) bond motifs is 1. The molecule has 0 atom stereocenters. The Bertz CT molecular complexity index is 1400. The van der Waals surface area contributed by atoms with Crippen LogP contribution in [0.25, 0.3) is 16.9 Å². The molecule has 0 aliphatic heterocycles. The van der Waals surface area contributed by atoms with E-state index in [0.29, 0.717) is 35.6 Å². The molecule has 0 saturated carbocycles. The fraction of sp³-hybridized carbons (Fsp3) is 0.0769. The van der Waals surface area contributed by atoms with Crippen LogP contribution in [0.2, 0.25) is 0 Å². The molecule has 0 amide bonds. The first-order valence-corrected chi connectivity index (χ1v) is 10.2. The van der Waals surface area contributed by atoms with Crippen LogP contribution in [0.3, 0.4) is 0 Å². The fourth-order valence-electron chi connectivity index (χ4n) is 3.77. The Labute approximate surface area is 184 Å². The maximum Gasteiger partial charge on any atom is 0.219 e. The fourth-order valence-corrected chi connectivity index (χ4v) is 3.77. The molecule has 0 fully saturated rings. The molecule has 32 heavy (non-hydrogen) atoms. The summed E-state index contributed by atoms with van der Waals surface area (Å²) in [6.07, 6.45) is 2.61. The highest BCUT2D eigenvalue weighted by Crippen LogP contribution is 2.29. The van der Waals surface area contributed by atoms with Gasteiger partial charge >= 0.3 is 0 Å². The second-order valence-electron chi connectivity index (χ2n) is 7.66. The quantitative estimate of drug-likeness (QED) is 0.410. The Balaban J connectivity index is 1.65. The van der Waals surface area contributed by atoms with E-state index in [0.717, 1.165) is 16.7 Å². The van der Waals surface area contributed by atoms with E-state index in [1.165, 1.54) is 12.1 Å². The molecule has 6 heteroatoms. The molecule has 0 aliphatic carbocycles. The van der Waals surface area contributed by atoms with E-state index in [9.17, 15) is 14.6 Å². The van der Waals surface area contributed by atoms with E-state index in [4.69, 9.17) is 4.98 Å². The van der Waals surface area contributed by atoms with E-state index >= 15 is 0 Å².